The molecule has 70 valence electrons. The minimum absolute atomic E-state index is 0.690. The maximum absolute atomic E-state index is 5.55. The Balaban J connectivity index is 0. The van der Waals surface area contributed by atoms with E-state index in [4.69, 9.17) is 11.6 Å². The van der Waals surface area contributed by atoms with Crippen LogP contribution in [-0.4, -0.2) is 4.98 Å². The summed E-state index contributed by atoms with van der Waals surface area (Å²) in [6, 6.07) is 3.70. The first-order valence-electron chi connectivity index (χ1n) is 4.37. The van der Waals surface area contributed by atoms with Gasteiger partial charge in [-0.2, -0.15) is 0 Å². The molecule has 2 heteroatoms. The molecule has 0 spiro atoms. The van der Waals surface area contributed by atoms with Crippen LogP contribution in [0.15, 0.2) is 18.3 Å². The molecule has 0 atom stereocenters. The molecule has 12 heavy (non-hydrogen) atoms. The van der Waals surface area contributed by atoms with E-state index >= 15 is 0 Å². The van der Waals surface area contributed by atoms with E-state index in [1.54, 1.807) is 6.20 Å². The van der Waals surface area contributed by atoms with E-state index in [1.165, 1.54) is 0 Å². The fourth-order valence-corrected chi connectivity index (χ4v) is 0.562. The first-order valence-corrected chi connectivity index (χ1v) is 4.75. The van der Waals surface area contributed by atoms with Gasteiger partial charge in [0, 0.05) is 11.9 Å². The Kier molecular flexibility index (Phi) is 12.2. The maximum Gasteiger partial charge on any atom is 0.0589 e. The molecule has 0 aliphatic rings. The molecule has 1 nitrogen and oxygen atoms in total. The Morgan fingerprint density at radius 3 is 1.83 bits per heavy atom. The molecule has 1 aromatic heterocycles. The van der Waals surface area contributed by atoms with Gasteiger partial charge in [0.1, 0.15) is 0 Å². The SMILES string of the molecule is CC.CC.Cc1ccc(Cl)cn1. The van der Waals surface area contributed by atoms with Crippen molar-refractivity contribution in [1.82, 2.24) is 4.98 Å². The number of nitrogens with zero attached hydrogens (tertiary/aromatic N) is 1. The summed E-state index contributed by atoms with van der Waals surface area (Å²) in [5.74, 6) is 0. The van der Waals surface area contributed by atoms with Gasteiger partial charge in [0.05, 0.1) is 5.02 Å². The predicted octanol–water partition coefficient (Wildman–Crippen LogP) is 4.10. The molecule has 0 saturated carbocycles. The van der Waals surface area contributed by atoms with Gasteiger partial charge in [-0.25, -0.2) is 0 Å². The Hall–Kier alpha value is -0.560. The average Bonchev–Trinajstić information content (AvgIpc) is 2.17. The molecule has 0 aromatic carbocycles. The van der Waals surface area contributed by atoms with Gasteiger partial charge in [0.25, 0.3) is 0 Å². The number of halogens is 1. The largest absolute Gasteiger partial charge is 0.260 e. The van der Waals surface area contributed by atoms with Crippen LogP contribution in [0.3, 0.4) is 0 Å². The minimum atomic E-state index is 0.690. The van der Waals surface area contributed by atoms with Gasteiger partial charge in [0.15, 0.2) is 0 Å². The van der Waals surface area contributed by atoms with E-state index in [0.29, 0.717) is 5.02 Å². The zero-order valence-electron chi connectivity index (χ0n) is 8.56. The van der Waals surface area contributed by atoms with Crippen LogP contribution < -0.4 is 0 Å². The van der Waals surface area contributed by atoms with E-state index in [1.807, 2.05) is 46.8 Å². The topological polar surface area (TPSA) is 12.9 Å². The summed E-state index contributed by atoms with van der Waals surface area (Å²) in [5.41, 5.74) is 0.995. The smallest absolute Gasteiger partial charge is 0.0589 e. The molecule has 1 heterocycles. The summed E-state index contributed by atoms with van der Waals surface area (Å²) in [6.45, 7) is 9.93. The standard InChI is InChI=1S/C6H6ClN.2C2H6/c1-5-2-3-6(7)4-8-5;2*1-2/h2-4H,1H3;2*1-2H3. The molecule has 0 aliphatic heterocycles. The van der Waals surface area contributed by atoms with Crippen LogP contribution in [0.5, 0.6) is 0 Å². The highest BCUT2D eigenvalue weighted by molar-refractivity contribution is 6.30. The fraction of sp³-hybridized carbons (Fsp3) is 0.500. The first-order chi connectivity index (χ1) is 5.79. The third kappa shape index (κ3) is 7.55. The van der Waals surface area contributed by atoms with Gasteiger partial charge in [0.2, 0.25) is 0 Å². The van der Waals surface area contributed by atoms with Gasteiger partial charge < -0.3 is 0 Å². The molecule has 0 N–H and O–H groups in total. The van der Waals surface area contributed by atoms with Crippen molar-refractivity contribution in [3.8, 4) is 0 Å². The molecule has 0 bridgehead atoms. The minimum Gasteiger partial charge on any atom is -0.260 e. The molecule has 0 saturated heterocycles. The Labute approximate surface area is 80.8 Å². The van der Waals surface area contributed by atoms with Crippen LogP contribution in [0.25, 0.3) is 0 Å². The number of aromatic nitrogens is 1. The van der Waals surface area contributed by atoms with Crippen molar-refractivity contribution >= 4 is 11.6 Å². The highest BCUT2D eigenvalue weighted by Crippen LogP contribution is 2.04. The summed E-state index contributed by atoms with van der Waals surface area (Å²) < 4.78 is 0. The lowest BCUT2D eigenvalue weighted by Crippen LogP contribution is -1.75. The van der Waals surface area contributed by atoms with Crippen molar-refractivity contribution < 1.29 is 0 Å². The van der Waals surface area contributed by atoms with E-state index in [9.17, 15) is 0 Å². The average molecular weight is 188 g/mol. The maximum atomic E-state index is 5.55. The van der Waals surface area contributed by atoms with E-state index in [0.717, 1.165) is 5.69 Å². The van der Waals surface area contributed by atoms with Gasteiger partial charge in [-0.1, -0.05) is 39.3 Å². The van der Waals surface area contributed by atoms with Crippen LogP contribution in [0.1, 0.15) is 33.4 Å². The van der Waals surface area contributed by atoms with Crippen LogP contribution in [0.4, 0.5) is 0 Å². The molecule has 0 unspecified atom stereocenters. The molecular formula is C10H18ClN. The summed E-state index contributed by atoms with van der Waals surface area (Å²) in [4.78, 5) is 3.95. The van der Waals surface area contributed by atoms with Crippen molar-refractivity contribution in [2.24, 2.45) is 0 Å². The number of aryl methyl sites for hydroxylation is 1. The van der Waals surface area contributed by atoms with Crippen LogP contribution >= 0.6 is 11.6 Å². The number of hydrogen-bond acceptors (Lipinski definition) is 1. The summed E-state index contributed by atoms with van der Waals surface area (Å²) in [6.07, 6.45) is 1.64. The summed E-state index contributed by atoms with van der Waals surface area (Å²) in [7, 11) is 0. The van der Waals surface area contributed by atoms with Crippen molar-refractivity contribution in [2.75, 3.05) is 0 Å². The van der Waals surface area contributed by atoms with E-state index < -0.39 is 0 Å². The monoisotopic (exact) mass is 187 g/mol. The lowest BCUT2D eigenvalue weighted by Gasteiger charge is -1.87. The lowest BCUT2D eigenvalue weighted by atomic mass is 10.4. The molecule has 0 aliphatic carbocycles. The highest BCUT2D eigenvalue weighted by Gasteiger charge is 1.83. The zero-order chi connectivity index (χ0) is 9.98. The Morgan fingerprint density at radius 1 is 1.08 bits per heavy atom. The van der Waals surface area contributed by atoms with Gasteiger partial charge in [-0.15, -0.1) is 0 Å². The second-order valence-corrected chi connectivity index (χ2v) is 2.05. The van der Waals surface area contributed by atoms with Crippen LogP contribution in [-0.2, 0) is 0 Å². The van der Waals surface area contributed by atoms with Crippen molar-refractivity contribution in [1.29, 1.82) is 0 Å². The van der Waals surface area contributed by atoms with Crippen molar-refractivity contribution in [3.63, 3.8) is 0 Å². The van der Waals surface area contributed by atoms with Crippen LogP contribution in [0.2, 0.25) is 5.02 Å². The molecule has 1 aromatic rings. The molecule has 0 fully saturated rings. The third-order valence-electron chi connectivity index (χ3n) is 0.875. The second kappa shape index (κ2) is 10.4. The molecular weight excluding hydrogens is 170 g/mol. The molecule has 0 radical (unpaired) electrons. The number of hydrogen-bond donors (Lipinski definition) is 0. The van der Waals surface area contributed by atoms with Gasteiger partial charge in [-0.05, 0) is 19.1 Å². The fourth-order valence-electron chi connectivity index (χ4n) is 0.450. The summed E-state index contributed by atoms with van der Waals surface area (Å²) >= 11 is 5.55. The number of pyridine rings is 1. The van der Waals surface area contributed by atoms with E-state index in [2.05, 4.69) is 4.98 Å². The summed E-state index contributed by atoms with van der Waals surface area (Å²) in [5, 5.41) is 0.690. The first kappa shape index (κ1) is 14.0. The quantitative estimate of drug-likeness (QED) is 0.596. The van der Waals surface area contributed by atoms with E-state index in [-0.39, 0.29) is 0 Å². The van der Waals surface area contributed by atoms with Crippen LogP contribution in [0, 0.1) is 6.92 Å². The third-order valence-corrected chi connectivity index (χ3v) is 1.10. The Bertz CT molecular complexity index is 149. The number of rotatable bonds is 0. The second-order valence-electron chi connectivity index (χ2n) is 1.62. The Morgan fingerprint density at radius 2 is 1.58 bits per heavy atom. The predicted molar refractivity (Wildman–Crippen MR) is 56.7 cm³/mol. The lowest BCUT2D eigenvalue weighted by molar-refractivity contribution is 1.20. The van der Waals surface area contributed by atoms with Gasteiger partial charge in [-0.3, -0.25) is 4.98 Å². The normalized spacial score (nSPS) is 7.17. The van der Waals surface area contributed by atoms with Crippen molar-refractivity contribution in [2.45, 2.75) is 34.6 Å². The van der Waals surface area contributed by atoms with Gasteiger partial charge >= 0.3 is 0 Å². The zero-order valence-corrected chi connectivity index (χ0v) is 9.31. The molecule has 0 amide bonds. The van der Waals surface area contributed by atoms with Crippen molar-refractivity contribution in [3.05, 3.63) is 29.0 Å². The molecule has 1 rings (SSSR count). The highest BCUT2D eigenvalue weighted by atomic mass is 35.5.